The summed E-state index contributed by atoms with van der Waals surface area (Å²) >= 11 is 0. The molecule has 0 bridgehead atoms. The number of carbonyl (C=O) groups is 1. The van der Waals surface area contributed by atoms with Crippen molar-refractivity contribution in [2.75, 3.05) is 26.7 Å². The normalized spacial score (nSPS) is 22.5. The van der Waals surface area contributed by atoms with Gasteiger partial charge in [-0.2, -0.15) is 0 Å². The first-order chi connectivity index (χ1) is 10.3. The van der Waals surface area contributed by atoms with Crippen LogP contribution in [0.15, 0.2) is 36.4 Å². The summed E-state index contributed by atoms with van der Waals surface area (Å²) in [6.07, 6.45) is 5.99. The fourth-order valence-corrected chi connectivity index (χ4v) is 3.25. The molecule has 4 heteroatoms. The molecule has 1 aromatic rings. The Labute approximate surface area is 125 Å². The van der Waals surface area contributed by atoms with E-state index in [9.17, 15) is 4.79 Å². The predicted octanol–water partition coefficient (Wildman–Crippen LogP) is 1.93. The van der Waals surface area contributed by atoms with Crippen molar-refractivity contribution in [3.8, 4) is 5.75 Å². The lowest BCUT2D eigenvalue weighted by Gasteiger charge is -2.34. The maximum atomic E-state index is 12.4. The number of benzene rings is 1. The van der Waals surface area contributed by atoms with Gasteiger partial charge in [-0.3, -0.25) is 10.1 Å². The smallest absolute Gasteiger partial charge is 0.243 e. The van der Waals surface area contributed by atoms with Gasteiger partial charge in [-0.05, 0) is 30.4 Å². The van der Waals surface area contributed by atoms with Crippen molar-refractivity contribution in [2.24, 2.45) is 0 Å². The van der Waals surface area contributed by atoms with Crippen LogP contribution in [0.5, 0.6) is 5.75 Å². The van der Waals surface area contributed by atoms with Crippen LogP contribution in [-0.4, -0.2) is 43.6 Å². The fraction of sp³-hybridized carbons (Fsp3) is 0.471. The minimum atomic E-state index is -0.118. The third-order valence-electron chi connectivity index (χ3n) is 4.44. The number of para-hydroxylation sites is 1. The average Bonchev–Trinajstić information content (AvgIpc) is 3.09. The molecule has 0 spiro atoms. The van der Waals surface area contributed by atoms with Crippen molar-refractivity contribution >= 4 is 5.91 Å². The molecular weight excluding hydrogens is 264 g/mol. The summed E-state index contributed by atoms with van der Waals surface area (Å²) in [6, 6.07) is 8.09. The Balaban J connectivity index is 1.62. The molecule has 1 atom stereocenters. The molecule has 4 nitrogen and oxygen atoms in total. The summed E-state index contributed by atoms with van der Waals surface area (Å²) in [7, 11) is 1.72. The van der Waals surface area contributed by atoms with E-state index in [4.69, 9.17) is 4.74 Å². The predicted molar refractivity (Wildman–Crippen MR) is 82.5 cm³/mol. The minimum absolute atomic E-state index is 0.118. The van der Waals surface area contributed by atoms with Crippen molar-refractivity contribution in [2.45, 2.75) is 24.8 Å². The van der Waals surface area contributed by atoms with Crippen LogP contribution >= 0.6 is 0 Å². The third kappa shape index (κ3) is 2.95. The molecule has 0 aliphatic carbocycles. The van der Waals surface area contributed by atoms with Crippen molar-refractivity contribution < 1.29 is 9.53 Å². The van der Waals surface area contributed by atoms with Gasteiger partial charge in [0.2, 0.25) is 5.91 Å². The van der Waals surface area contributed by atoms with Gasteiger partial charge in [-0.1, -0.05) is 30.4 Å². The molecule has 1 saturated heterocycles. The van der Waals surface area contributed by atoms with E-state index in [0.29, 0.717) is 5.92 Å². The first-order valence-corrected chi connectivity index (χ1v) is 7.61. The second-order valence-electron chi connectivity index (χ2n) is 5.66. The van der Waals surface area contributed by atoms with E-state index in [1.54, 1.807) is 7.11 Å². The summed E-state index contributed by atoms with van der Waals surface area (Å²) in [4.78, 5) is 14.3. The number of amides is 1. The SMILES string of the molecule is COc1ccccc1C1CCN(C(=O)[C@H]2C=CCN2)CC1. The maximum Gasteiger partial charge on any atom is 0.243 e. The zero-order valence-electron chi connectivity index (χ0n) is 12.4. The van der Waals surface area contributed by atoms with Gasteiger partial charge in [0.1, 0.15) is 11.8 Å². The molecule has 0 radical (unpaired) electrons. The number of hydrogen-bond donors (Lipinski definition) is 1. The lowest BCUT2D eigenvalue weighted by molar-refractivity contribution is -0.133. The first-order valence-electron chi connectivity index (χ1n) is 7.61. The number of rotatable bonds is 3. The average molecular weight is 286 g/mol. The van der Waals surface area contributed by atoms with Gasteiger partial charge >= 0.3 is 0 Å². The second kappa shape index (κ2) is 6.31. The highest BCUT2D eigenvalue weighted by Gasteiger charge is 2.29. The molecule has 0 unspecified atom stereocenters. The van der Waals surface area contributed by atoms with E-state index in [1.807, 2.05) is 29.2 Å². The molecule has 3 rings (SSSR count). The molecule has 1 aromatic carbocycles. The molecule has 0 saturated carbocycles. The summed E-state index contributed by atoms with van der Waals surface area (Å²) in [5, 5.41) is 3.19. The lowest BCUT2D eigenvalue weighted by Crippen LogP contribution is -2.46. The van der Waals surface area contributed by atoms with E-state index in [0.717, 1.165) is 38.2 Å². The number of hydrogen-bond acceptors (Lipinski definition) is 3. The van der Waals surface area contributed by atoms with Crippen LogP contribution in [0.1, 0.15) is 24.3 Å². The number of ether oxygens (including phenoxy) is 1. The minimum Gasteiger partial charge on any atom is -0.496 e. The Morgan fingerprint density at radius 1 is 1.29 bits per heavy atom. The molecular formula is C17H22N2O2. The molecule has 0 aromatic heterocycles. The molecule has 2 aliphatic rings. The van der Waals surface area contributed by atoms with Crippen molar-refractivity contribution in [3.63, 3.8) is 0 Å². The van der Waals surface area contributed by atoms with Crippen molar-refractivity contribution in [3.05, 3.63) is 42.0 Å². The zero-order chi connectivity index (χ0) is 14.7. The van der Waals surface area contributed by atoms with Crippen LogP contribution < -0.4 is 10.1 Å². The van der Waals surface area contributed by atoms with Gasteiger partial charge in [0, 0.05) is 19.6 Å². The standard InChI is InChI=1S/C17H22N2O2/c1-21-16-7-3-2-5-14(16)13-8-11-19(12-9-13)17(20)15-6-4-10-18-15/h2-7,13,15,18H,8-12H2,1H3/t15-/m1/s1. The highest BCUT2D eigenvalue weighted by molar-refractivity contribution is 5.84. The Bertz CT molecular complexity index is 533. The maximum absolute atomic E-state index is 12.4. The highest BCUT2D eigenvalue weighted by atomic mass is 16.5. The monoisotopic (exact) mass is 286 g/mol. The van der Waals surface area contributed by atoms with Gasteiger partial charge in [0.15, 0.2) is 0 Å². The van der Waals surface area contributed by atoms with Gasteiger partial charge in [0.05, 0.1) is 7.11 Å². The second-order valence-corrected chi connectivity index (χ2v) is 5.66. The van der Waals surface area contributed by atoms with E-state index in [1.165, 1.54) is 5.56 Å². The van der Waals surface area contributed by atoms with Gasteiger partial charge < -0.3 is 9.64 Å². The summed E-state index contributed by atoms with van der Waals surface area (Å²) in [5.41, 5.74) is 1.27. The van der Waals surface area contributed by atoms with Crippen LogP contribution in [0.2, 0.25) is 0 Å². The Kier molecular flexibility index (Phi) is 4.25. The number of likely N-dealkylation sites (tertiary alicyclic amines) is 1. The summed E-state index contributed by atoms with van der Waals surface area (Å²) < 4.78 is 5.45. The van der Waals surface area contributed by atoms with Crippen molar-refractivity contribution in [1.29, 1.82) is 0 Å². The number of methoxy groups -OCH3 is 1. The molecule has 1 amide bonds. The number of piperidine rings is 1. The fourth-order valence-electron chi connectivity index (χ4n) is 3.25. The lowest BCUT2D eigenvalue weighted by atomic mass is 9.88. The van der Waals surface area contributed by atoms with Crippen LogP contribution in [0, 0.1) is 0 Å². The summed E-state index contributed by atoms with van der Waals surface area (Å²) in [6.45, 7) is 2.45. The molecule has 2 heterocycles. The van der Waals surface area contributed by atoms with E-state index >= 15 is 0 Å². The van der Waals surface area contributed by atoms with Crippen LogP contribution in [0.25, 0.3) is 0 Å². The summed E-state index contributed by atoms with van der Waals surface area (Å²) in [5.74, 6) is 1.65. The molecule has 1 N–H and O–H groups in total. The quantitative estimate of drug-likeness (QED) is 0.863. The first kappa shape index (κ1) is 14.1. The van der Waals surface area contributed by atoms with E-state index in [2.05, 4.69) is 17.4 Å². The van der Waals surface area contributed by atoms with E-state index in [-0.39, 0.29) is 11.9 Å². The van der Waals surface area contributed by atoms with Gasteiger partial charge in [-0.25, -0.2) is 0 Å². The van der Waals surface area contributed by atoms with Crippen molar-refractivity contribution in [1.82, 2.24) is 10.2 Å². The van der Waals surface area contributed by atoms with Gasteiger partial charge in [-0.15, -0.1) is 0 Å². The third-order valence-corrected chi connectivity index (χ3v) is 4.44. The molecule has 1 fully saturated rings. The van der Waals surface area contributed by atoms with Crippen LogP contribution in [-0.2, 0) is 4.79 Å². The largest absolute Gasteiger partial charge is 0.496 e. The Morgan fingerprint density at radius 2 is 2.05 bits per heavy atom. The highest BCUT2D eigenvalue weighted by Crippen LogP contribution is 2.34. The van der Waals surface area contributed by atoms with Crippen LogP contribution in [0.3, 0.4) is 0 Å². The Hall–Kier alpha value is -1.81. The zero-order valence-corrected chi connectivity index (χ0v) is 12.4. The topological polar surface area (TPSA) is 41.6 Å². The number of nitrogens with zero attached hydrogens (tertiary/aromatic N) is 1. The Morgan fingerprint density at radius 3 is 2.71 bits per heavy atom. The molecule has 2 aliphatic heterocycles. The number of carbonyl (C=O) groups excluding carboxylic acids is 1. The molecule has 21 heavy (non-hydrogen) atoms. The van der Waals surface area contributed by atoms with Gasteiger partial charge in [0.25, 0.3) is 0 Å². The number of nitrogens with one attached hydrogen (secondary N) is 1. The molecule has 112 valence electrons. The van der Waals surface area contributed by atoms with E-state index < -0.39 is 0 Å². The van der Waals surface area contributed by atoms with Crippen LogP contribution in [0.4, 0.5) is 0 Å².